The molecule has 0 amide bonds. The lowest BCUT2D eigenvalue weighted by Crippen LogP contribution is -2.28. The summed E-state index contributed by atoms with van der Waals surface area (Å²) in [6, 6.07) is 0. The smallest absolute Gasteiger partial charge is 0.237 e. The molecule has 6 heteroatoms. The van der Waals surface area contributed by atoms with Crippen LogP contribution in [0.3, 0.4) is 0 Å². The van der Waals surface area contributed by atoms with Crippen LogP contribution in [0, 0.1) is 0 Å². The Hall–Kier alpha value is 2.29. The Morgan fingerprint density at radius 3 is 1.25 bits per heavy atom. The van der Waals surface area contributed by atoms with Gasteiger partial charge in [-0.05, 0) is 45.2 Å². The molecule has 0 spiro atoms. The Morgan fingerprint density at radius 2 is 1.25 bits per heavy atom. The van der Waals surface area contributed by atoms with Gasteiger partial charge in [0.1, 0.15) is 0 Å². The maximum absolute atomic E-state index is 8.93. The largest absolute Gasteiger partial charge is 0.367 e. The van der Waals surface area contributed by atoms with Gasteiger partial charge in [0.2, 0.25) is 5.41 Å². The van der Waals surface area contributed by atoms with Crippen LogP contribution in [0.4, 0.5) is 0 Å². The number of halogens is 5. The average Bonchev–Trinajstić information content (AvgIpc) is 1.25. The van der Waals surface area contributed by atoms with Gasteiger partial charge in [-0.15, -0.1) is 0 Å². The van der Waals surface area contributed by atoms with Crippen LogP contribution in [0.15, 0.2) is 0 Å². The molecule has 0 aromatic rings. The van der Waals surface area contributed by atoms with Gasteiger partial charge < -0.3 is 5.11 Å². The molecule has 1 nitrogen and oxygen atoms in total. The quantitative estimate of drug-likeness (QED) is 0.489. The minimum Gasteiger partial charge on any atom is -0.367 e. The molecule has 0 saturated heterocycles. The number of hydrogen-bond acceptors (Lipinski definition) is 1. The third kappa shape index (κ3) is 3.46. The Labute approximate surface area is 89.3 Å². The second-order valence-electron chi connectivity index (χ2n) is 1.04. The summed E-state index contributed by atoms with van der Waals surface area (Å²) in [5.41, 5.74) is 0. The zero-order chi connectivity index (χ0) is 7.00. The SMILES string of the molecule is OC(I)(I)C(Cl)(Cl)Cl. The van der Waals surface area contributed by atoms with Gasteiger partial charge in [-0.25, -0.2) is 0 Å². The van der Waals surface area contributed by atoms with Gasteiger partial charge in [0.05, 0.1) is 0 Å². The molecule has 0 heterocycles. The number of aliphatic hydroxyl groups is 1. The molecule has 0 radical (unpaired) electrons. The van der Waals surface area contributed by atoms with E-state index in [-0.39, 0.29) is 0 Å². The van der Waals surface area contributed by atoms with Crippen LogP contribution >= 0.6 is 80.0 Å². The van der Waals surface area contributed by atoms with Crippen molar-refractivity contribution in [2.24, 2.45) is 0 Å². The van der Waals surface area contributed by atoms with Crippen LogP contribution in [0.1, 0.15) is 0 Å². The summed E-state index contributed by atoms with van der Waals surface area (Å²) in [6.45, 7) is 0. The van der Waals surface area contributed by atoms with Crippen molar-refractivity contribution in [1.29, 1.82) is 0 Å². The maximum Gasteiger partial charge on any atom is 0.237 e. The zero-order valence-electron chi connectivity index (χ0n) is 3.34. The summed E-state index contributed by atoms with van der Waals surface area (Å²) in [7, 11) is 0. The molecule has 0 atom stereocenters. The number of rotatable bonds is 0. The third-order valence-corrected chi connectivity index (χ3v) is 4.69. The summed E-state index contributed by atoms with van der Waals surface area (Å²) < 4.78 is -2.94. The summed E-state index contributed by atoms with van der Waals surface area (Å²) in [5, 5.41) is 8.93. The van der Waals surface area contributed by atoms with Gasteiger partial charge in [-0.3, -0.25) is 0 Å². The molecular formula is C2HCl3I2O. The Balaban J connectivity index is 4.02. The van der Waals surface area contributed by atoms with E-state index in [1.807, 2.05) is 0 Å². The van der Waals surface area contributed by atoms with Crippen molar-refractivity contribution < 1.29 is 5.11 Å². The van der Waals surface area contributed by atoms with Crippen LogP contribution in [0.5, 0.6) is 0 Å². The van der Waals surface area contributed by atoms with E-state index in [1.165, 1.54) is 0 Å². The van der Waals surface area contributed by atoms with E-state index < -0.39 is 5.41 Å². The fourth-order valence-corrected chi connectivity index (χ4v) is 0. The summed E-state index contributed by atoms with van der Waals surface area (Å²) in [5.74, 6) is 0. The summed E-state index contributed by atoms with van der Waals surface area (Å²) >= 11 is 19.1. The van der Waals surface area contributed by atoms with Crippen molar-refractivity contribution in [2.45, 2.75) is 5.41 Å². The van der Waals surface area contributed by atoms with Gasteiger partial charge in [-0.2, -0.15) is 0 Å². The summed E-state index contributed by atoms with van der Waals surface area (Å²) in [4.78, 5) is 0. The molecular weight excluding hydrogens is 400 g/mol. The lowest BCUT2D eigenvalue weighted by Gasteiger charge is -2.21. The lowest BCUT2D eigenvalue weighted by molar-refractivity contribution is 0.268. The van der Waals surface area contributed by atoms with E-state index in [2.05, 4.69) is 0 Å². The van der Waals surface area contributed by atoms with Crippen molar-refractivity contribution in [1.82, 2.24) is 0 Å². The molecule has 0 aliphatic rings. The van der Waals surface area contributed by atoms with Gasteiger partial charge in [-0.1, -0.05) is 34.8 Å². The van der Waals surface area contributed by atoms with E-state index >= 15 is 0 Å². The Kier molecular flexibility index (Phi) is 4.02. The van der Waals surface area contributed by atoms with E-state index in [0.717, 1.165) is 0 Å². The predicted molar refractivity (Wildman–Crippen MR) is 53.3 cm³/mol. The lowest BCUT2D eigenvalue weighted by atomic mass is 10.8. The van der Waals surface area contributed by atoms with Crippen LogP contribution in [0.2, 0.25) is 0 Å². The molecule has 0 aliphatic heterocycles. The Bertz CT molecular complexity index is 70.3. The second kappa shape index (κ2) is 3.13. The fourth-order valence-electron chi connectivity index (χ4n) is 0. The van der Waals surface area contributed by atoms with Gasteiger partial charge in [0.25, 0.3) is 0 Å². The van der Waals surface area contributed by atoms with Gasteiger partial charge >= 0.3 is 0 Å². The highest BCUT2D eigenvalue weighted by atomic mass is 127. The average molecular weight is 401 g/mol. The second-order valence-corrected chi connectivity index (χ2v) is 8.51. The maximum atomic E-state index is 8.93. The Morgan fingerprint density at radius 1 is 1.12 bits per heavy atom. The highest BCUT2D eigenvalue weighted by Crippen LogP contribution is 2.46. The van der Waals surface area contributed by atoms with Gasteiger partial charge in [0.15, 0.2) is 0 Å². The zero-order valence-corrected chi connectivity index (χ0v) is 9.92. The van der Waals surface area contributed by atoms with E-state index in [1.54, 1.807) is 45.2 Å². The van der Waals surface area contributed by atoms with Crippen molar-refractivity contribution in [3.05, 3.63) is 0 Å². The normalized spacial score (nSPS) is 14.2. The molecule has 1 N–H and O–H groups in total. The topological polar surface area (TPSA) is 20.2 Å². The van der Waals surface area contributed by atoms with E-state index in [4.69, 9.17) is 39.9 Å². The molecule has 0 bridgehead atoms. The third-order valence-electron chi connectivity index (χ3n) is 0.341. The standard InChI is InChI=1S/C2HCl3I2O/c3-1(4,5)2(6,7)8/h8H. The minimum absolute atomic E-state index is 1.33. The molecule has 0 unspecified atom stereocenters. The van der Waals surface area contributed by atoms with Crippen molar-refractivity contribution in [2.75, 3.05) is 0 Å². The molecule has 0 aliphatic carbocycles. The van der Waals surface area contributed by atoms with E-state index in [0.29, 0.717) is 0 Å². The van der Waals surface area contributed by atoms with Crippen LogP contribution in [-0.2, 0) is 0 Å². The minimum atomic E-state index is -1.62. The summed E-state index contributed by atoms with van der Waals surface area (Å²) in [6.07, 6.45) is 0. The van der Waals surface area contributed by atoms with Crippen molar-refractivity contribution in [3.8, 4) is 0 Å². The molecule has 0 saturated carbocycles. The molecule has 0 rings (SSSR count). The highest BCUT2D eigenvalue weighted by molar-refractivity contribution is 14.2. The van der Waals surface area contributed by atoms with Crippen LogP contribution in [0.25, 0.3) is 0 Å². The fraction of sp³-hybridized carbons (Fsp3) is 1.00. The van der Waals surface area contributed by atoms with Crippen molar-refractivity contribution in [3.63, 3.8) is 0 Å². The predicted octanol–water partition coefficient (Wildman–Crippen LogP) is 2.87. The molecule has 0 aromatic carbocycles. The van der Waals surface area contributed by atoms with Crippen LogP contribution in [-0.4, -0.2) is 10.5 Å². The highest BCUT2D eigenvalue weighted by Gasteiger charge is 2.42. The first-order valence-electron chi connectivity index (χ1n) is 1.42. The first-order chi connectivity index (χ1) is 3.25. The van der Waals surface area contributed by atoms with E-state index in [9.17, 15) is 0 Å². The van der Waals surface area contributed by atoms with Crippen molar-refractivity contribution >= 4 is 80.0 Å². The molecule has 8 heavy (non-hydrogen) atoms. The first-order valence-corrected chi connectivity index (χ1v) is 4.71. The van der Waals surface area contributed by atoms with Crippen LogP contribution < -0.4 is 0 Å². The first kappa shape index (κ1) is 10.3. The van der Waals surface area contributed by atoms with Gasteiger partial charge in [0, 0.05) is 0 Å². The number of hydrogen-bond donors (Lipinski definition) is 1. The monoisotopic (exact) mass is 400 g/mol. The number of alkyl halides is 5. The molecule has 0 aromatic heterocycles. The molecule has 50 valence electrons. The molecule has 0 fully saturated rings.